The average Bonchev–Trinajstić information content (AvgIpc) is 2.65. The molecule has 1 unspecified atom stereocenters. The molecule has 114 valence electrons. The van der Waals surface area contributed by atoms with Crippen molar-refractivity contribution in [2.45, 2.75) is 33.3 Å². The van der Waals surface area contributed by atoms with E-state index in [0.717, 1.165) is 10.4 Å². The number of rotatable bonds is 6. The zero-order valence-electron chi connectivity index (χ0n) is 12.2. The van der Waals surface area contributed by atoms with Crippen molar-refractivity contribution in [2.24, 2.45) is 5.92 Å². The molecular formula is C14H18N2O4S. The molecule has 0 aliphatic rings. The third kappa shape index (κ3) is 3.48. The van der Waals surface area contributed by atoms with Gasteiger partial charge in [0.05, 0.1) is 12.0 Å². The molecule has 2 rings (SSSR count). The molecular weight excluding hydrogens is 292 g/mol. The molecule has 0 aliphatic heterocycles. The predicted octanol–water partition coefficient (Wildman–Crippen LogP) is 2.09. The summed E-state index contributed by atoms with van der Waals surface area (Å²) >= 11 is 1.45. The van der Waals surface area contributed by atoms with Gasteiger partial charge >= 0.3 is 5.97 Å². The van der Waals surface area contributed by atoms with E-state index in [1.165, 1.54) is 11.3 Å². The summed E-state index contributed by atoms with van der Waals surface area (Å²) in [5, 5.41) is 9.38. The molecule has 7 heteroatoms. The molecule has 0 saturated carbocycles. The van der Waals surface area contributed by atoms with Crippen molar-refractivity contribution < 1.29 is 14.6 Å². The lowest BCUT2D eigenvalue weighted by Crippen LogP contribution is -2.15. The molecule has 1 atom stereocenters. The van der Waals surface area contributed by atoms with Gasteiger partial charge in [-0.15, -0.1) is 11.3 Å². The quantitative estimate of drug-likeness (QED) is 0.852. The number of fused-ring (bicyclic) bond motifs is 1. The highest BCUT2D eigenvalue weighted by molar-refractivity contribution is 7.18. The number of methoxy groups -OCH3 is 1. The van der Waals surface area contributed by atoms with Crippen LogP contribution in [0.2, 0.25) is 0 Å². The first-order valence-electron chi connectivity index (χ1n) is 6.64. The van der Waals surface area contributed by atoms with Crippen LogP contribution in [0.15, 0.2) is 4.79 Å². The van der Waals surface area contributed by atoms with E-state index in [1.54, 1.807) is 7.11 Å². The molecule has 0 radical (unpaired) electrons. The predicted molar refractivity (Wildman–Crippen MR) is 80.8 cm³/mol. The molecule has 0 bridgehead atoms. The first-order valence-corrected chi connectivity index (χ1v) is 7.46. The lowest BCUT2D eigenvalue weighted by Gasteiger charge is -2.07. The van der Waals surface area contributed by atoms with Gasteiger partial charge in [-0.25, -0.2) is 4.98 Å². The van der Waals surface area contributed by atoms with E-state index in [1.807, 2.05) is 13.8 Å². The van der Waals surface area contributed by atoms with Gasteiger partial charge in [0.1, 0.15) is 10.7 Å². The number of aryl methyl sites for hydroxylation is 1. The number of ether oxygens (including phenoxy) is 1. The van der Waals surface area contributed by atoms with Crippen LogP contribution in [-0.4, -0.2) is 28.2 Å². The van der Waals surface area contributed by atoms with Gasteiger partial charge < -0.3 is 14.8 Å². The molecule has 6 nitrogen and oxygen atoms in total. The maximum absolute atomic E-state index is 12.2. The fourth-order valence-electron chi connectivity index (χ4n) is 2.30. The molecule has 0 amide bonds. The van der Waals surface area contributed by atoms with Crippen LogP contribution in [0, 0.1) is 12.8 Å². The van der Waals surface area contributed by atoms with Crippen LogP contribution in [-0.2, 0) is 22.6 Å². The number of thiophene rings is 1. The van der Waals surface area contributed by atoms with Crippen molar-refractivity contribution in [3.05, 3.63) is 26.6 Å². The van der Waals surface area contributed by atoms with Gasteiger partial charge in [0.2, 0.25) is 0 Å². The Bertz CT molecular complexity index is 720. The minimum atomic E-state index is -0.847. The van der Waals surface area contributed by atoms with Crippen molar-refractivity contribution in [3.8, 4) is 0 Å². The Hall–Kier alpha value is -1.73. The summed E-state index contributed by atoms with van der Waals surface area (Å²) in [6.45, 7) is 4.17. The molecule has 0 spiro atoms. The van der Waals surface area contributed by atoms with Crippen molar-refractivity contribution in [1.29, 1.82) is 0 Å². The van der Waals surface area contributed by atoms with Crippen LogP contribution in [0.4, 0.5) is 0 Å². The van der Waals surface area contributed by atoms with Crippen LogP contribution >= 0.6 is 11.3 Å². The monoisotopic (exact) mass is 310 g/mol. The van der Waals surface area contributed by atoms with E-state index >= 15 is 0 Å². The minimum absolute atomic E-state index is 0.0557. The summed E-state index contributed by atoms with van der Waals surface area (Å²) in [4.78, 5) is 31.8. The number of carboxylic acid groups (broad SMARTS) is 1. The maximum Gasteiger partial charge on any atom is 0.303 e. The van der Waals surface area contributed by atoms with Crippen LogP contribution in [0.5, 0.6) is 0 Å². The number of carbonyl (C=O) groups is 1. The Morgan fingerprint density at radius 3 is 2.86 bits per heavy atom. The maximum atomic E-state index is 12.2. The number of nitrogens with one attached hydrogen (secondary N) is 1. The molecule has 21 heavy (non-hydrogen) atoms. The topological polar surface area (TPSA) is 92.3 Å². The normalized spacial score (nSPS) is 12.7. The second-order valence-corrected chi connectivity index (χ2v) is 6.27. The van der Waals surface area contributed by atoms with Gasteiger partial charge in [0.15, 0.2) is 0 Å². The van der Waals surface area contributed by atoms with Crippen LogP contribution in [0.3, 0.4) is 0 Å². The SMILES string of the molecule is COCc1sc2nc(CC(C)CC(=O)O)[nH]c(=O)c2c1C. The van der Waals surface area contributed by atoms with Gasteiger partial charge in [-0.1, -0.05) is 6.92 Å². The van der Waals surface area contributed by atoms with Gasteiger partial charge in [-0.05, 0) is 18.4 Å². The smallest absolute Gasteiger partial charge is 0.303 e. The highest BCUT2D eigenvalue weighted by Crippen LogP contribution is 2.27. The summed E-state index contributed by atoms with van der Waals surface area (Å²) < 4.78 is 5.12. The van der Waals surface area contributed by atoms with E-state index < -0.39 is 5.97 Å². The van der Waals surface area contributed by atoms with E-state index in [2.05, 4.69) is 9.97 Å². The van der Waals surface area contributed by atoms with Crippen LogP contribution < -0.4 is 5.56 Å². The number of aromatic amines is 1. The van der Waals surface area contributed by atoms with Gasteiger partial charge in [-0.3, -0.25) is 9.59 Å². The molecule has 2 aromatic heterocycles. The summed E-state index contributed by atoms with van der Waals surface area (Å²) in [7, 11) is 1.61. The Morgan fingerprint density at radius 1 is 1.52 bits per heavy atom. The van der Waals surface area contributed by atoms with Crippen LogP contribution in [0.1, 0.15) is 29.6 Å². The number of aromatic nitrogens is 2. The van der Waals surface area contributed by atoms with Crippen molar-refractivity contribution >= 4 is 27.5 Å². The summed E-state index contributed by atoms with van der Waals surface area (Å²) in [6.07, 6.45) is 0.494. The van der Waals surface area contributed by atoms with E-state index in [4.69, 9.17) is 9.84 Å². The van der Waals surface area contributed by atoms with E-state index in [9.17, 15) is 9.59 Å². The van der Waals surface area contributed by atoms with E-state index in [-0.39, 0.29) is 17.9 Å². The van der Waals surface area contributed by atoms with Gasteiger partial charge in [0, 0.05) is 24.8 Å². The van der Waals surface area contributed by atoms with E-state index in [0.29, 0.717) is 29.1 Å². The number of aliphatic carboxylic acids is 1. The highest BCUT2D eigenvalue weighted by atomic mass is 32.1. The van der Waals surface area contributed by atoms with Gasteiger partial charge in [0.25, 0.3) is 5.56 Å². The molecule has 0 aliphatic carbocycles. The Morgan fingerprint density at radius 2 is 2.24 bits per heavy atom. The Labute approximate surface area is 125 Å². The first-order chi connectivity index (χ1) is 9.92. The third-order valence-electron chi connectivity index (χ3n) is 3.29. The van der Waals surface area contributed by atoms with Crippen molar-refractivity contribution in [2.75, 3.05) is 7.11 Å². The lowest BCUT2D eigenvalue weighted by atomic mass is 10.0. The molecule has 0 saturated heterocycles. The minimum Gasteiger partial charge on any atom is -0.481 e. The highest BCUT2D eigenvalue weighted by Gasteiger charge is 2.16. The summed E-state index contributed by atoms with van der Waals surface area (Å²) in [5.74, 6) is -0.394. The van der Waals surface area contributed by atoms with Crippen LogP contribution in [0.25, 0.3) is 10.2 Å². The largest absolute Gasteiger partial charge is 0.481 e. The van der Waals surface area contributed by atoms with Crippen molar-refractivity contribution in [3.63, 3.8) is 0 Å². The van der Waals surface area contributed by atoms with Crippen molar-refractivity contribution in [1.82, 2.24) is 9.97 Å². The second-order valence-electron chi connectivity index (χ2n) is 5.18. The summed E-state index contributed by atoms with van der Waals surface area (Å²) in [6, 6.07) is 0. The number of nitrogens with zero attached hydrogens (tertiary/aromatic N) is 1. The molecule has 0 fully saturated rings. The molecule has 2 heterocycles. The lowest BCUT2D eigenvalue weighted by molar-refractivity contribution is -0.137. The zero-order valence-corrected chi connectivity index (χ0v) is 13.0. The molecule has 2 aromatic rings. The Balaban J connectivity index is 2.36. The number of hydrogen-bond donors (Lipinski definition) is 2. The second kappa shape index (κ2) is 6.36. The summed E-state index contributed by atoms with van der Waals surface area (Å²) in [5.41, 5.74) is 0.726. The third-order valence-corrected chi connectivity index (χ3v) is 4.45. The average molecular weight is 310 g/mol. The number of hydrogen-bond acceptors (Lipinski definition) is 5. The fourth-order valence-corrected chi connectivity index (χ4v) is 3.47. The number of H-pyrrole nitrogens is 1. The number of carboxylic acids is 1. The fraction of sp³-hybridized carbons (Fsp3) is 0.500. The molecule has 0 aromatic carbocycles. The first kappa shape index (κ1) is 15.7. The molecule has 2 N–H and O–H groups in total. The van der Waals surface area contributed by atoms with Gasteiger partial charge in [-0.2, -0.15) is 0 Å². The standard InChI is InChI=1S/C14H18N2O4S/c1-7(5-11(17)18)4-10-15-13(19)12-8(2)9(6-20-3)21-14(12)16-10/h7H,4-6H2,1-3H3,(H,17,18)(H,15,16,19). The Kier molecular flexibility index (Phi) is 4.74. The zero-order chi connectivity index (χ0) is 15.6.